The Morgan fingerprint density at radius 3 is 2.48 bits per heavy atom. The van der Waals surface area contributed by atoms with Crippen molar-refractivity contribution in [1.82, 2.24) is 15.5 Å². The first-order valence-corrected chi connectivity index (χ1v) is 7.08. The van der Waals surface area contributed by atoms with Crippen LogP contribution >= 0.6 is 0 Å². The topological polar surface area (TPSA) is 125 Å². The van der Waals surface area contributed by atoms with Crippen molar-refractivity contribution in [3.8, 4) is 0 Å². The molecule has 1 saturated carbocycles. The van der Waals surface area contributed by atoms with E-state index in [0.29, 0.717) is 12.6 Å². The fourth-order valence-electron chi connectivity index (χ4n) is 1.98. The lowest BCUT2D eigenvalue weighted by atomic mass is 10.1. The number of aliphatic carboxylic acids is 1. The standard InChI is InChI=1S/C13H24N4O4/c1-8(17(2)9-3-4-9)7-15-13(21)16-10(12(19)20)5-6-11(14)18/h8-10H,3-7H2,1-2H3,(H2,14,18)(H,19,20)(H2,15,16,21)/t8?,10-/m1/s1. The molecule has 0 saturated heterocycles. The van der Waals surface area contributed by atoms with Gasteiger partial charge in [0.2, 0.25) is 5.91 Å². The lowest BCUT2D eigenvalue weighted by Crippen LogP contribution is -2.49. The molecule has 3 amide bonds. The second-order valence-electron chi connectivity index (χ2n) is 5.50. The molecule has 1 unspecified atom stereocenters. The number of carboxylic acids is 1. The van der Waals surface area contributed by atoms with E-state index in [1.807, 2.05) is 14.0 Å². The van der Waals surface area contributed by atoms with Crippen LogP contribution in [0.25, 0.3) is 0 Å². The molecule has 1 aliphatic rings. The summed E-state index contributed by atoms with van der Waals surface area (Å²) in [5, 5.41) is 14.0. The van der Waals surface area contributed by atoms with Crippen LogP contribution < -0.4 is 16.4 Å². The smallest absolute Gasteiger partial charge is 0.326 e. The van der Waals surface area contributed by atoms with E-state index in [4.69, 9.17) is 10.8 Å². The lowest BCUT2D eigenvalue weighted by molar-refractivity contribution is -0.139. The van der Waals surface area contributed by atoms with Gasteiger partial charge >= 0.3 is 12.0 Å². The molecule has 0 bridgehead atoms. The van der Waals surface area contributed by atoms with Crippen molar-refractivity contribution in [3.63, 3.8) is 0 Å². The van der Waals surface area contributed by atoms with Gasteiger partial charge < -0.3 is 21.5 Å². The molecular weight excluding hydrogens is 276 g/mol. The Balaban J connectivity index is 2.32. The minimum atomic E-state index is -1.19. The van der Waals surface area contributed by atoms with Gasteiger partial charge in [0.15, 0.2) is 0 Å². The van der Waals surface area contributed by atoms with E-state index < -0.39 is 23.9 Å². The molecule has 0 aliphatic heterocycles. The summed E-state index contributed by atoms with van der Waals surface area (Å²) in [4.78, 5) is 35.5. The number of primary amides is 1. The highest BCUT2D eigenvalue weighted by molar-refractivity contribution is 5.83. The Labute approximate surface area is 124 Å². The number of hydrogen-bond acceptors (Lipinski definition) is 4. The third-order valence-corrected chi connectivity index (χ3v) is 3.66. The highest BCUT2D eigenvalue weighted by Crippen LogP contribution is 2.26. The van der Waals surface area contributed by atoms with Crippen molar-refractivity contribution < 1.29 is 19.5 Å². The molecular formula is C13H24N4O4. The van der Waals surface area contributed by atoms with Gasteiger partial charge in [-0.2, -0.15) is 0 Å². The van der Waals surface area contributed by atoms with Crippen LogP contribution in [0.2, 0.25) is 0 Å². The molecule has 1 fully saturated rings. The molecule has 0 aromatic rings. The predicted molar refractivity (Wildman–Crippen MR) is 76.6 cm³/mol. The van der Waals surface area contributed by atoms with Crippen molar-refractivity contribution >= 4 is 17.9 Å². The van der Waals surface area contributed by atoms with Crippen LogP contribution in [-0.4, -0.2) is 59.6 Å². The maximum absolute atomic E-state index is 11.7. The summed E-state index contributed by atoms with van der Waals surface area (Å²) < 4.78 is 0. The minimum Gasteiger partial charge on any atom is -0.480 e. The van der Waals surface area contributed by atoms with Gasteiger partial charge in [-0.05, 0) is 33.2 Å². The van der Waals surface area contributed by atoms with Gasteiger partial charge in [0, 0.05) is 25.0 Å². The number of likely N-dealkylation sites (N-methyl/N-ethyl adjacent to an activating group) is 1. The van der Waals surface area contributed by atoms with Crippen molar-refractivity contribution in [3.05, 3.63) is 0 Å². The Hall–Kier alpha value is -1.83. The highest BCUT2D eigenvalue weighted by Gasteiger charge is 2.29. The fraction of sp³-hybridized carbons (Fsp3) is 0.769. The third-order valence-electron chi connectivity index (χ3n) is 3.66. The van der Waals surface area contributed by atoms with Gasteiger partial charge in [0.25, 0.3) is 0 Å². The first-order chi connectivity index (χ1) is 9.81. The zero-order valence-corrected chi connectivity index (χ0v) is 12.5. The molecule has 0 heterocycles. The van der Waals surface area contributed by atoms with E-state index in [-0.39, 0.29) is 18.9 Å². The van der Waals surface area contributed by atoms with Crippen LogP contribution in [0.3, 0.4) is 0 Å². The van der Waals surface area contributed by atoms with E-state index in [1.54, 1.807) is 0 Å². The van der Waals surface area contributed by atoms with E-state index >= 15 is 0 Å². The third kappa shape index (κ3) is 6.44. The summed E-state index contributed by atoms with van der Waals surface area (Å²) in [6.07, 6.45) is 2.26. The molecule has 0 aromatic heterocycles. The molecule has 8 nitrogen and oxygen atoms in total. The number of carbonyl (C=O) groups is 3. The Morgan fingerprint density at radius 2 is 2.00 bits per heavy atom. The Morgan fingerprint density at radius 1 is 1.38 bits per heavy atom. The van der Waals surface area contributed by atoms with Gasteiger partial charge in [-0.25, -0.2) is 9.59 Å². The lowest BCUT2D eigenvalue weighted by Gasteiger charge is -2.25. The van der Waals surface area contributed by atoms with Gasteiger partial charge in [0.05, 0.1) is 0 Å². The number of carbonyl (C=O) groups excluding carboxylic acids is 2. The van der Waals surface area contributed by atoms with Gasteiger partial charge in [-0.1, -0.05) is 0 Å². The van der Waals surface area contributed by atoms with Crippen LogP contribution in [-0.2, 0) is 9.59 Å². The number of nitrogens with one attached hydrogen (secondary N) is 2. The summed E-state index contributed by atoms with van der Waals surface area (Å²) in [7, 11) is 2.01. The highest BCUT2D eigenvalue weighted by atomic mass is 16.4. The number of nitrogens with two attached hydrogens (primary N) is 1. The van der Waals surface area contributed by atoms with E-state index in [2.05, 4.69) is 15.5 Å². The fourth-order valence-corrected chi connectivity index (χ4v) is 1.98. The number of carboxylic acid groups (broad SMARTS) is 1. The van der Waals surface area contributed by atoms with Crippen LogP contribution in [0.1, 0.15) is 32.6 Å². The number of urea groups is 1. The summed E-state index contributed by atoms with van der Waals surface area (Å²) in [6, 6.07) is -0.902. The summed E-state index contributed by atoms with van der Waals surface area (Å²) in [5.74, 6) is -1.78. The normalized spacial score (nSPS) is 17.1. The van der Waals surface area contributed by atoms with E-state index in [9.17, 15) is 14.4 Å². The Kier molecular flexibility index (Phi) is 6.41. The first-order valence-electron chi connectivity index (χ1n) is 7.08. The van der Waals surface area contributed by atoms with Crippen molar-refractivity contribution in [2.75, 3.05) is 13.6 Å². The second-order valence-corrected chi connectivity index (χ2v) is 5.50. The van der Waals surface area contributed by atoms with Crippen LogP contribution in [0.15, 0.2) is 0 Å². The van der Waals surface area contributed by atoms with Crippen LogP contribution in [0.5, 0.6) is 0 Å². The summed E-state index contributed by atoms with van der Waals surface area (Å²) in [5.41, 5.74) is 4.97. The van der Waals surface area contributed by atoms with Gasteiger partial charge in [-0.15, -0.1) is 0 Å². The van der Waals surface area contributed by atoms with Crippen LogP contribution in [0, 0.1) is 0 Å². The van der Waals surface area contributed by atoms with Gasteiger partial charge in [0.1, 0.15) is 6.04 Å². The number of hydrogen-bond donors (Lipinski definition) is 4. The number of amides is 3. The maximum atomic E-state index is 11.7. The molecule has 120 valence electrons. The van der Waals surface area contributed by atoms with E-state index in [1.165, 1.54) is 12.8 Å². The molecule has 0 aromatic carbocycles. The molecule has 21 heavy (non-hydrogen) atoms. The van der Waals surface area contributed by atoms with E-state index in [0.717, 1.165) is 0 Å². The van der Waals surface area contributed by atoms with Gasteiger partial charge in [-0.3, -0.25) is 9.69 Å². The molecule has 5 N–H and O–H groups in total. The zero-order valence-electron chi connectivity index (χ0n) is 12.5. The van der Waals surface area contributed by atoms with Crippen molar-refractivity contribution in [1.29, 1.82) is 0 Å². The molecule has 1 aliphatic carbocycles. The first kappa shape index (κ1) is 17.2. The van der Waals surface area contributed by atoms with Crippen molar-refractivity contribution in [2.45, 2.75) is 50.7 Å². The van der Waals surface area contributed by atoms with Crippen LogP contribution in [0.4, 0.5) is 4.79 Å². The molecule has 8 heteroatoms. The zero-order chi connectivity index (χ0) is 16.0. The quantitative estimate of drug-likeness (QED) is 0.456. The van der Waals surface area contributed by atoms with Crippen molar-refractivity contribution in [2.24, 2.45) is 5.73 Å². The average molecular weight is 300 g/mol. The monoisotopic (exact) mass is 300 g/mol. The SMILES string of the molecule is CC(CNC(=O)N[C@H](CCC(N)=O)C(=O)O)N(C)C1CC1. The average Bonchev–Trinajstić information content (AvgIpc) is 3.23. The molecule has 0 radical (unpaired) electrons. The molecule has 2 atom stereocenters. The minimum absolute atomic E-state index is 0.0182. The Bertz CT molecular complexity index is 398. The predicted octanol–water partition coefficient (Wildman–Crippen LogP) is -0.513. The summed E-state index contributed by atoms with van der Waals surface area (Å²) >= 11 is 0. The second kappa shape index (κ2) is 7.82. The summed E-state index contributed by atoms with van der Waals surface area (Å²) in [6.45, 7) is 2.43. The maximum Gasteiger partial charge on any atom is 0.326 e. The number of nitrogens with zero attached hydrogens (tertiary/aromatic N) is 1. The number of rotatable bonds is 9. The largest absolute Gasteiger partial charge is 0.480 e. The molecule has 1 rings (SSSR count). The molecule has 0 spiro atoms.